The average Bonchev–Trinajstić information content (AvgIpc) is 3.41. The lowest BCUT2D eigenvalue weighted by molar-refractivity contribution is 0.00578. The number of fused-ring (bicyclic) bond motifs is 6. The topological polar surface area (TPSA) is 23.4 Å². The monoisotopic (exact) mass is 523 g/mol. The molecule has 3 nitrogen and oxygen atoms in total. The van der Waals surface area contributed by atoms with Gasteiger partial charge in [0.1, 0.15) is 0 Å². The molecule has 1 aromatic heterocycles. The maximum Gasteiger partial charge on any atom is 0.494 e. The van der Waals surface area contributed by atoms with Gasteiger partial charge >= 0.3 is 7.12 Å². The molecule has 1 aliphatic rings. The van der Waals surface area contributed by atoms with Crippen LogP contribution in [-0.4, -0.2) is 22.9 Å². The SMILES string of the molecule is C=CC=C.CC1(C)OB(c2ccc3c(c2)c2ccccc2n3-c2ccc3ccc4ccccc4c3c2)OC1(C)C. The molecule has 0 radical (unpaired) electrons. The predicted molar refractivity (Wildman–Crippen MR) is 172 cm³/mol. The van der Waals surface area contributed by atoms with E-state index in [1.165, 1.54) is 43.4 Å². The zero-order valence-electron chi connectivity index (χ0n) is 23.6. The number of hydrogen-bond donors (Lipinski definition) is 0. The van der Waals surface area contributed by atoms with Crippen molar-refractivity contribution < 1.29 is 9.31 Å². The van der Waals surface area contributed by atoms with Gasteiger partial charge in [0.05, 0.1) is 22.2 Å². The van der Waals surface area contributed by atoms with Gasteiger partial charge in [0, 0.05) is 16.5 Å². The van der Waals surface area contributed by atoms with Crippen LogP contribution < -0.4 is 5.46 Å². The Morgan fingerprint density at radius 2 is 1.18 bits per heavy atom. The van der Waals surface area contributed by atoms with Crippen molar-refractivity contribution in [1.29, 1.82) is 0 Å². The summed E-state index contributed by atoms with van der Waals surface area (Å²) in [6, 6.07) is 35.1. The summed E-state index contributed by atoms with van der Waals surface area (Å²) in [5, 5.41) is 7.49. The van der Waals surface area contributed by atoms with E-state index in [-0.39, 0.29) is 18.3 Å². The second kappa shape index (κ2) is 9.81. The Labute approximate surface area is 236 Å². The fraction of sp³-hybridized carbons (Fsp3) is 0.167. The fourth-order valence-corrected chi connectivity index (χ4v) is 5.52. The van der Waals surface area contributed by atoms with E-state index in [4.69, 9.17) is 9.31 Å². The second-order valence-electron chi connectivity index (χ2n) is 11.4. The third kappa shape index (κ3) is 4.25. The molecule has 5 aromatic carbocycles. The predicted octanol–water partition coefficient (Wildman–Crippen LogP) is 8.75. The summed E-state index contributed by atoms with van der Waals surface area (Å²) in [5.41, 5.74) is 3.85. The first kappa shape index (κ1) is 26.1. The van der Waals surface area contributed by atoms with E-state index in [1.807, 2.05) is 0 Å². The van der Waals surface area contributed by atoms with Crippen molar-refractivity contribution in [3.8, 4) is 5.69 Å². The van der Waals surface area contributed by atoms with Gasteiger partial charge in [0.2, 0.25) is 0 Å². The molecule has 0 saturated carbocycles. The first-order chi connectivity index (χ1) is 19.2. The molecule has 1 fully saturated rings. The molecule has 198 valence electrons. The maximum atomic E-state index is 6.36. The third-order valence-electron chi connectivity index (χ3n) is 8.38. The summed E-state index contributed by atoms with van der Waals surface area (Å²) in [6.07, 6.45) is 3.28. The van der Waals surface area contributed by atoms with Crippen molar-refractivity contribution in [3.05, 3.63) is 122 Å². The molecule has 6 aromatic rings. The molecule has 1 aliphatic heterocycles. The molecule has 40 heavy (non-hydrogen) atoms. The quantitative estimate of drug-likeness (QED) is 0.132. The molecule has 7 rings (SSSR count). The minimum absolute atomic E-state index is 0.367. The molecule has 0 atom stereocenters. The van der Waals surface area contributed by atoms with Crippen LogP contribution in [0.4, 0.5) is 0 Å². The minimum atomic E-state index is -0.381. The Hall–Kier alpha value is -4.12. The van der Waals surface area contributed by atoms with Crippen LogP contribution >= 0.6 is 0 Å². The Bertz CT molecular complexity index is 1890. The molecular weight excluding hydrogens is 489 g/mol. The molecular formula is C36H34BNO2. The third-order valence-corrected chi connectivity index (χ3v) is 8.38. The summed E-state index contributed by atoms with van der Waals surface area (Å²) in [6.45, 7) is 15.1. The van der Waals surface area contributed by atoms with E-state index in [0.717, 1.165) is 11.2 Å². The van der Waals surface area contributed by atoms with E-state index in [9.17, 15) is 0 Å². The van der Waals surface area contributed by atoms with Crippen molar-refractivity contribution in [2.45, 2.75) is 38.9 Å². The smallest absolute Gasteiger partial charge is 0.399 e. The van der Waals surface area contributed by atoms with Gasteiger partial charge in [-0.1, -0.05) is 98.1 Å². The molecule has 0 bridgehead atoms. The van der Waals surface area contributed by atoms with Gasteiger partial charge in [-0.15, -0.1) is 0 Å². The summed E-state index contributed by atoms with van der Waals surface area (Å²) >= 11 is 0. The van der Waals surface area contributed by atoms with Crippen LogP contribution in [0.15, 0.2) is 122 Å². The number of nitrogens with zero attached hydrogens (tertiary/aromatic N) is 1. The van der Waals surface area contributed by atoms with E-state index >= 15 is 0 Å². The number of aromatic nitrogens is 1. The Kier molecular flexibility index (Phi) is 6.41. The summed E-state index contributed by atoms with van der Waals surface area (Å²) in [4.78, 5) is 0. The lowest BCUT2D eigenvalue weighted by Gasteiger charge is -2.32. The van der Waals surface area contributed by atoms with Crippen LogP contribution in [0.2, 0.25) is 0 Å². The lowest BCUT2D eigenvalue weighted by atomic mass is 9.78. The normalized spacial score (nSPS) is 15.8. The number of rotatable bonds is 3. The zero-order valence-corrected chi connectivity index (χ0v) is 23.6. The lowest BCUT2D eigenvalue weighted by Crippen LogP contribution is -2.41. The van der Waals surface area contributed by atoms with Gasteiger partial charge < -0.3 is 13.9 Å². The Morgan fingerprint density at radius 3 is 1.88 bits per heavy atom. The largest absolute Gasteiger partial charge is 0.494 e. The van der Waals surface area contributed by atoms with Crippen molar-refractivity contribution in [2.24, 2.45) is 0 Å². The molecule has 1 saturated heterocycles. The molecule has 0 N–H and O–H groups in total. The van der Waals surface area contributed by atoms with E-state index in [2.05, 4.69) is 142 Å². The molecule has 2 heterocycles. The minimum Gasteiger partial charge on any atom is -0.399 e. The van der Waals surface area contributed by atoms with Crippen LogP contribution in [0.25, 0.3) is 49.0 Å². The van der Waals surface area contributed by atoms with Crippen molar-refractivity contribution in [3.63, 3.8) is 0 Å². The summed E-state index contributed by atoms with van der Waals surface area (Å²) in [5.74, 6) is 0. The highest BCUT2D eigenvalue weighted by molar-refractivity contribution is 6.62. The molecule has 0 aliphatic carbocycles. The van der Waals surface area contributed by atoms with Gasteiger partial charge in [-0.25, -0.2) is 0 Å². The Balaban J connectivity index is 0.000000680. The Morgan fingerprint density at radius 1 is 0.600 bits per heavy atom. The van der Waals surface area contributed by atoms with E-state index < -0.39 is 0 Å². The van der Waals surface area contributed by atoms with Crippen molar-refractivity contribution in [2.75, 3.05) is 0 Å². The molecule has 0 unspecified atom stereocenters. The van der Waals surface area contributed by atoms with Crippen molar-refractivity contribution in [1.82, 2.24) is 4.57 Å². The van der Waals surface area contributed by atoms with Gasteiger partial charge in [-0.2, -0.15) is 0 Å². The first-order valence-electron chi connectivity index (χ1n) is 13.8. The standard InChI is InChI=1S/C32H28BNO2.C4H6/c1-31(2)32(3,4)36-33(35-31)23-16-18-30-28(19-23)26-11-7-8-12-29(26)34(30)24-17-15-22-14-13-21-9-5-6-10-25(21)27(22)20-24;1-3-4-2/h5-20H,1-4H3;3-4H,1-2H2. The fourth-order valence-electron chi connectivity index (χ4n) is 5.52. The first-order valence-corrected chi connectivity index (χ1v) is 13.8. The molecule has 0 spiro atoms. The number of hydrogen-bond acceptors (Lipinski definition) is 2. The van der Waals surface area contributed by atoms with Crippen LogP contribution in [0.5, 0.6) is 0 Å². The maximum absolute atomic E-state index is 6.36. The number of benzene rings is 5. The average molecular weight is 523 g/mol. The zero-order chi connectivity index (χ0) is 28.1. The van der Waals surface area contributed by atoms with Crippen LogP contribution in [0.1, 0.15) is 27.7 Å². The summed E-state index contributed by atoms with van der Waals surface area (Å²) in [7, 11) is -0.381. The van der Waals surface area contributed by atoms with Gasteiger partial charge in [0.25, 0.3) is 0 Å². The van der Waals surface area contributed by atoms with Crippen LogP contribution in [0, 0.1) is 0 Å². The summed E-state index contributed by atoms with van der Waals surface area (Å²) < 4.78 is 15.1. The van der Waals surface area contributed by atoms with Gasteiger partial charge in [-0.3, -0.25) is 0 Å². The highest BCUT2D eigenvalue weighted by atomic mass is 16.7. The number of allylic oxidation sites excluding steroid dienone is 2. The number of para-hydroxylation sites is 1. The second-order valence-corrected chi connectivity index (χ2v) is 11.4. The van der Waals surface area contributed by atoms with Gasteiger partial charge in [-0.05, 0) is 79.0 Å². The van der Waals surface area contributed by atoms with Crippen LogP contribution in [-0.2, 0) is 9.31 Å². The highest BCUT2D eigenvalue weighted by Crippen LogP contribution is 2.38. The van der Waals surface area contributed by atoms with Crippen molar-refractivity contribution >= 4 is 55.9 Å². The van der Waals surface area contributed by atoms with Crippen LogP contribution in [0.3, 0.4) is 0 Å². The van der Waals surface area contributed by atoms with E-state index in [1.54, 1.807) is 12.2 Å². The highest BCUT2D eigenvalue weighted by Gasteiger charge is 2.51. The van der Waals surface area contributed by atoms with E-state index in [0.29, 0.717) is 0 Å². The van der Waals surface area contributed by atoms with Gasteiger partial charge in [0.15, 0.2) is 0 Å². The molecule has 0 amide bonds. The molecule has 4 heteroatoms.